The van der Waals surface area contributed by atoms with Crippen molar-refractivity contribution < 1.29 is 4.79 Å². The lowest BCUT2D eigenvalue weighted by Crippen LogP contribution is -2.35. The van der Waals surface area contributed by atoms with Gasteiger partial charge in [-0.25, -0.2) is 0 Å². The Kier molecular flexibility index (Phi) is 8.49. The molecule has 0 fully saturated rings. The van der Waals surface area contributed by atoms with Crippen LogP contribution in [0.5, 0.6) is 0 Å². The fourth-order valence-electron chi connectivity index (χ4n) is 1.11. The SMILES string of the molecule is CC(C)N(C)CCCNCC(=O)NCC#N. The Morgan fingerprint density at radius 2 is 2.19 bits per heavy atom. The summed E-state index contributed by atoms with van der Waals surface area (Å²) in [5.41, 5.74) is 0. The zero-order valence-corrected chi connectivity index (χ0v) is 10.4. The number of rotatable bonds is 8. The highest BCUT2D eigenvalue weighted by atomic mass is 16.1. The van der Waals surface area contributed by atoms with Crippen molar-refractivity contribution in [1.29, 1.82) is 5.26 Å². The maximum Gasteiger partial charge on any atom is 0.234 e. The highest BCUT2D eigenvalue weighted by molar-refractivity contribution is 5.78. The first-order valence-corrected chi connectivity index (χ1v) is 5.62. The lowest BCUT2D eigenvalue weighted by atomic mass is 10.3. The monoisotopic (exact) mass is 226 g/mol. The van der Waals surface area contributed by atoms with Crippen molar-refractivity contribution in [3.05, 3.63) is 0 Å². The molecule has 2 N–H and O–H groups in total. The van der Waals surface area contributed by atoms with Crippen molar-refractivity contribution in [3.63, 3.8) is 0 Å². The minimum Gasteiger partial charge on any atom is -0.342 e. The van der Waals surface area contributed by atoms with Crippen LogP contribution in [0.15, 0.2) is 0 Å². The van der Waals surface area contributed by atoms with Crippen molar-refractivity contribution in [2.75, 3.05) is 33.2 Å². The molecule has 0 heterocycles. The summed E-state index contributed by atoms with van der Waals surface area (Å²) in [6, 6.07) is 2.42. The lowest BCUT2D eigenvalue weighted by molar-refractivity contribution is -0.120. The van der Waals surface area contributed by atoms with Gasteiger partial charge in [0.25, 0.3) is 0 Å². The third-order valence-electron chi connectivity index (χ3n) is 2.40. The van der Waals surface area contributed by atoms with E-state index in [1.165, 1.54) is 0 Å². The quantitative estimate of drug-likeness (QED) is 0.450. The molecule has 0 aliphatic carbocycles. The van der Waals surface area contributed by atoms with E-state index in [1.807, 2.05) is 6.07 Å². The van der Waals surface area contributed by atoms with E-state index >= 15 is 0 Å². The molecule has 0 rings (SSSR count). The maximum atomic E-state index is 11.1. The van der Waals surface area contributed by atoms with E-state index in [9.17, 15) is 4.79 Å². The van der Waals surface area contributed by atoms with Gasteiger partial charge < -0.3 is 15.5 Å². The summed E-state index contributed by atoms with van der Waals surface area (Å²) in [5.74, 6) is -0.126. The number of nitrogens with zero attached hydrogens (tertiary/aromatic N) is 2. The largest absolute Gasteiger partial charge is 0.342 e. The molecule has 92 valence electrons. The van der Waals surface area contributed by atoms with Crippen molar-refractivity contribution in [3.8, 4) is 6.07 Å². The Morgan fingerprint density at radius 1 is 1.50 bits per heavy atom. The Bertz CT molecular complexity index is 235. The van der Waals surface area contributed by atoms with Gasteiger partial charge in [0, 0.05) is 6.04 Å². The van der Waals surface area contributed by atoms with Gasteiger partial charge in [-0.2, -0.15) is 5.26 Å². The Hall–Kier alpha value is -1.12. The predicted octanol–water partition coefficient (Wildman–Crippen LogP) is -0.0539. The highest BCUT2D eigenvalue weighted by Crippen LogP contribution is 1.93. The first kappa shape index (κ1) is 14.9. The van der Waals surface area contributed by atoms with Gasteiger partial charge in [0.05, 0.1) is 12.6 Å². The van der Waals surface area contributed by atoms with Crippen LogP contribution >= 0.6 is 0 Å². The van der Waals surface area contributed by atoms with Crippen molar-refractivity contribution in [2.45, 2.75) is 26.3 Å². The first-order valence-electron chi connectivity index (χ1n) is 5.62. The summed E-state index contributed by atoms with van der Waals surface area (Å²) in [5, 5.41) is 13.8. The molecule has 16 heavy (non-hydrogen) atoms. The normalized spacial score (nSPS) is 10.5. The molecule has 0 spiro atoms. The Labute approximate surface area is 97.8 Å². The van der Waals surface area contributed by atoms with Gasteiger partial charge in [-0.3, -0.25) is 4.79 Å². The standard InChI is InChI=1S/C11H22N4O/c1-10(2)15(3)8-4-6-13-9-11(16)14-7-5-12/h10,13H,4,6-9H2,1-3H3,(H,14,16). The van der Waals surface area contributed by atoms with Crippen LogP contribution in [0.25, 0.3) is 0 Å². The second kappa shape index (κ2) is 9.13. The van der Waals surface area contributed by atoms with E-state index in [1.54, 1.807) is 0 Å². The number of carbonyl (C=O) groups is 1. The summed E-state index contributed by atoms with van der Waals surface area (Å²) in [4.78, 5) is 13.3. The van der Waals surface area contributed by atoms with Crippen LogP contribution in [0.4, 0.5) is 0 Å². The number of hydrogen-bond donors (Lipinski definition) is 2. The average Bonchev–Trinajstić information content (AvgIpc) is 2.25. The van der Waals surface area contributed by atoms with E-state index < -0.39 is 0 Å². The number of carbonyl (C=O) groups excluding carboxylic acids is 1. The third kappa shape index (κ3) is 8.21. The van der Waals surface area contributed by atoms with Gasteiger partial charge >= 0.3 is 0 Å². The minimum atomic E-state index is -0.126. The Morgan fingerprint density at radius 3 is 2.75 bits per heavy atom. The molecule has 0 aromatic heterocycles. The van der Waals surface area contributed by atoms with Gasteiger partial charge in [-0.15, -0.1) is 0 Å². The fraction of sp³-hybridized carbons (Fsp3) is 0.818. The van der Waals surface area contributed by atoms with Crippen molar-refractivity contribution in [1.82, 2.24) is 15.5 Å². The third-order valence-corrected chi connectivity index (χ3v) is 2.40. The van der Waals surface area contributed by atoms with Crippen LogP contribution in [0.1, 0.15) is 20.3 Å². The predicted molar refractivity (Wildman–Crippen MR) is 63.9 cm³/mol. The zero-order valence-electron chi connectivity index (χ0n) is 10.4. The van der Waals surface area contributed by atoms with E-state index in [4.69, 9.17) is 5.26 Å². The van der Waals surface area contributed by atoms with Crippen LogP contribution in [-0.4, -0.2) is 50.1 Å². The molecule has 0 saturated heterocycles. The second-order valence-corrected chi connectivity index (χ2v) is 4.04. The van der Waals surface area contributed by atoms with Gasteiger partial charge in [-0.05, 0) is 40.4 Å². The molecule has 5 heteroatoms. The summed E-state index contributed by atoms with van der Waals surface area (Å²) >= 11 is 0. The van der Waals surface area contributed by atoms with Crippen molar-refractivity contribution >= 4 is 5.91 Å². The zero-order chi connectivity index (χ0) is 12.4. The summed E-state index contributed by atoms with van der Waals surface area (Å²) in [6.45, 7) is 6.51. The van der Waals surface area contributed by atoms with Gasteiger partial charge in [0.1, 0.15) is 6.54 Å². The van der Waals surface area contributed by atoms with E-state index in [-0.39, 0.29) is 19.0 Å². The molecule has 0 aromatic rings. The maximum absolute atomic E-state index is 11.1. The van der Waals surface area contributed by atoms with Gasteiger partial charge in [0.2, 0.25) is 5.91 Å². The number of amides is 1. The molecule has 0 bridgehead atoms. The molecule has 0 aliphatic heterocycles. The summed E-state index contributed by atoms with van der Waals surface area (Å²) in [7, 11) is 2.09. The molecule has 0 saturated carbocycles. The molecule has 0 aliphatic rings. The van der Waals surface area contributed by atoms with E-state index in [0.29, 0.717) is 6.04 Å². The number of hydrogen-bond acceptors (Lipinski definition) is 4. The van der Waals surface area contributed by atoms with Gasteiger partial charge in [-0.1, -0.05) is 0 Å². The molecule has 0 aromatic carbocycles. The van der Waals surface area contributed by atoms with Crippen molar-refractivity contribution in [2.24, 2.45) is 0 Å². The number of nitriles is 1. The first-order chi connectivity index (χ1) is 7.57. The molecule has 0 unspecified atom stereocenters. The second-order valence-electron chi connectivity index (χ2n) is 4.04. The van der Waals surface area contributed by atoms with Crippen LogP contribution in [0.3, 0.4) is 0 Å². The summed E-state index contributed by atoms with van der Waals surface area (Å²) < 4.78 is 0. The lowest BCUT2D eigenvalue weighted by Gasteiger charge is -2.20. The average molecular weight is 226 g/mol. The van der Waals surface area contributed by atoms with Crippen LogP contribution in [0.2, 0.25) is 0 Å². The topological polar surface area (TPSA) is 68.2 Å². The highest BCUT2D eigenvalue weighted by Gasteiger charge is 2.02. The molecule has 1 amide bonds. The molecule has 0 atom stereocenters. The molecule has 5 nitrogen and oxygen atoms in total. The fourth-order valence-corrected chi connectivity index (χ4v) is 1.11. The molecular formula is C11H22N4O. The minimum absolute atomic E-state index is 0.0800. The van der Waals surface area contributed by atoms with Crippen LogP contribution < -0.4 is 10.6 Å². The van der Waals surface area contributed by atoms with E-state index in [2.05, 4.69) is 36.4 Å². The number of nitrogens with one attached hydrogen (secondary N) is 2. The van der Waals surface area contributed by atoms with Crippen LogP contribution in [-0.2, 0) is 4.79 Å². The smallest absolute Gasteiger partial charge is 0.234 e. The Balaban J connectivity index is 3.34. The molecular weight excluding hydrogens is 204 g/mol. The molecule has 0 radical (unpaired) electrons. The van der Waals surface area contributed by atoms with E-state index in [0.717, 1.165) is 19.5 Å². The van der Waals surface area contributed by atoms with Gasteiger partial charge in [0.15, 0.2) is 0 Å². The van der Waals surface area contributed by atoms with Crippen LogP contribution in [0, 0.1) is 11.3 Å². The summed E-state index contributed by atoms with van der Waals surface area (Å²) in [6.07, 6.45) is 1.01.